The minimum Gasteiger partial charge on any atom is -0.497 e. The highest BCUT2D eigenvalue weighted by Crippen LogP contribution is 2.31. The van der Waals surface area contributed by atoms with Crippen LogP contribution in [0.3, 0.4) is 0 Å². The average Bonchev–Trinajstić information content (AvgIpc) is 2.62. The highest BCUT2D eigenvalue weighted by molar-refractivity contribution is 6.15. The lowest BCUT2D eigenvalue weighted by Crippen LogP contribution is -2.51. The van der Waals surface area contributed by atoms with Crippen LogP contribution in [-0.4, -0.2) is 51.1 Å². The van der Waals surface area contributed by atoms with E-state index in [1.807, 2.05) is 49.3 Å². The van der Waals surface area contributed by atoms with Crippen LogP contribution in [0.5, 0.6) is 5.75 Å². The molecule has 6 nitrogen and oxygen atoms in total. The number of likely N-dealkylation sites (N-methyl/N-ethyl adjacent to an activating group) is 1. The summed E-state index contributed by atoms with van der Waals surface area (Å²) in [6, 6.07) is 14.5. The minimum atomic E-state index is -0.116. The van der Waals surface area contributed by atoms with Crippen molar-refractivity contribution in [3.63, 3.8) is 0 Å². The summed E-state index contributed by atoms with van der Waals surface area (Å²) in [5, 5.41) is 0. The second-order valence-corrected chi connectivity index (χ2v) is 6.15. The SMILES string of the molecule is COc1ccc(N2CN(C(=O)CN(C)C)c3ccccc3C2=O)cc1.Cl. The van der Waals surface area contributed by atoms with Crippen molar-refractivity contribution in [2.24, 2.45) is 0 Å². The van der Waals surface area contributed by atoms with Crippen LogP contribution in [0.4, 0.5) is 11.4 Å². The fraction of sp³-hybridized carbons (Fsp3) is 0.263. The lowest BCUT2D eigenvalue weighted by atomic mass is 10.1. The smallest absolute Gasteiger partial charge is 0.261 e. The van der Waals surface area contributed by atoms with E-state index in [2.05, 4.69) is 0 Å². The average molecular weight is 376 g/mol. The maximum Gasteiger partial charge on any atom is 0.261 e. The number of ether oxygens (including phenoxy) is 1. The summed E-state index contributed by atoms with van der Waals surface area (Å²) in [6.45, 7) is 0.466. The molecule has 7 heteroatoms. The van der Waals surface area contributed by atoms with E-state index in [0.29, 0.717) is 17.0 Å². The van der Waals surface area contributed by atoms with Crippen molar-refractivity contribution >= 4 is 35.6 Å². The molecule has 2 amide bonds. The number of benzene rings is 2. The van der Waals surface area contributed by atoms with E-state index in [0.717, 1.165) is 5.69 Å². The highest BCUT2D eigenvalue weighted by Gasteiger charge is 2.33. The quantitative estimate of drug-likeness (QED) is 0.824. The molecule has 1 aliphatic rings. The van der Waals surface area contributed by atoms with Gasteiger partial charge in [0.05, 0.1) is 24.9 Å². The van der Waals surface area contributed by atoms with Gasteiger partial charge in [0.15, 0.2) is 0 Å². The number of hydrogen-bond acceptors (Lipinski definition) is 4. The van der Waals surface area contributed by atoms with E-state index in [9.17, 15) is 9.59 Å². The third kappa shape index (κ3) is 3.81. The number of fused-ring (bicyclic) bond motifs is 1. The van der Waals surface area contributed by atoms with Gasteiger partial charge in [0, 0.05) is 5.69 Å². The first-order chi connectivity index (χ1) is 12.0. The van der Waals surface area contributed by atoms with Gasteiger partial charge in [-0.1, -0.05) is 12.1 Å². The van der Waals surface area contributed by atoms with Crippen LogP contribution < -0.4 is 14.5 Å². The van der Waals surface area contributed by atoms with Crippen LogP contribution in [0.1, 0.15) is 10.4 Å². The van der Waals surface area contributed by atoms with Crippen molar-refractivity contribution in [2.45, 2.75) is 0 Å². The van der Waals surface area contributed by atoms with Gasteiger partial charge in [-0.3, -0.25) is 19.4 Å². The molecule has 0 saturated carbocycles. The Bertz CT molecular complexity index is 793. The third-order valence-corrected chi connectivity index (χ3v) is 4.09. The van der Waals surface area contributed by atoms with Gasteiger partial charge >= 0.3 is 0 Å². The van der Waals surface area contributed by atoms with E-state index in [4.69, 9.17) is 4.74 Å². The normalized spacial score (nSPS) is 13.3. The molecule has 0 saturated heterocycles. The van der Waals surface area contributed by atoms with Gasteiger partial charge in [-0.05, 0) is 50.5 Å². The lowest BCUT2D eigenvalue weighted by Gasteiger charge is -2.37. The predicted octanol–water partition coefficient (Wildman–Crippen LogP) is 2.63. The van der Waals surface area contributed by atoms with E-state index in [1.54, 1.807) is 35.1 Å². The number of nitrogens with zero attached hydrogens (tertiary/aromatic N) is 3. The number of methoxy groups -OCH3 is 1. The van der Waals surface area contributed by atoms with Crippen LogP contribution in [-0.2, 0) is 4.79 Å². The van der Waals surface area contributed by atoms with Gasteiger partial charge in [0.2, 0.25) is 5.91 Å². The maximum absolute atomic E-state index is 12.9. The lowest BCUT2D eigenvalue weighted by molar-refractivity contribution is -0.119. The molecule has 0 aromatic heterocycles. The van der Waals surface area contributed by atoms with Crippen molar-refractivity contribution < 1.29 is 14.3 Å². The molecule has 138 valence electrons. The number of carbonyl (C=O) groups is 2. The first kappa shape index (κ1) is 19.8. The Labute approximate surface area is 159 Å². The number of carbonyl (C=O) groups excluding carboxylic acids is 2. The Morgan fingerprint density at radius 3 is 2.38 bits per heavy atom. The number of amides is 2. The Morgan fingerprint density at radius 1 is 1.12 bits per heavy atom. The number of para-hydroxylation sites is 1. The highest BCUT2D eigenvalue weighted by atomic mass is 35.5. The Balaban J connectivity index is 0.00000243. The van der Waals surface area contributed by atoms with Crippen LogP contribution >= 0.6 is 12.4 Å². The van der Waals surface area contributed by atoms with Crippen LogP contribution in [0, 0.1) is 0 Å². The summed E-state index contributed by atoms with van der Waals surface area (Å²) >= 11 is 0. The predicted molar refractivity (Wildman–Crippen MR) is 104 cm³/mol. The Hall–Kier alpha value is -2.57. The summed E-state index contributed by atoms with van der Waals surface area (Å²) in [6.07, 6.45) is 0. The first-order valence-corrected chi connectivity index (χ1v) is 8.01. The van der Waals surface area contributed by atoms with Crippen molar-refractivity contribution in [3.8, 4) is 5.75 Å². The second kappa shape index (κ2) is 8.21. The number of hydrogen-bond donors (Lipinski definition) is 0. The molecule has 0 atom stereocenters. The van der Waals surface area contributed by atoms with Crippen LogP contribution in [0.25, 0.3) is 0 Å². The number of anilines is 2. The van der Waals surface area contributed by atoms with Gasteiger partial charge in [-0.15, -0.1) is 12.4 Å². The summed E-state index contributed by atoms with van der Waals surface area (Å²) in [5.74, 6) is 0.548. The van der Waals surface area contributed by atoms with Gasteiger partial charge in [0.1, 0.15) is 12.4 Å². The van der Waals surface area contributed by atoms with E-state index in [1.165, 1.54) is 0 Å². The molecule has 0 N–H and O–H groups in total. The molecular weight excluding hydrogens is 354 g/mol. The first-order valence-electron chi connectivity index (χ1n) is 8.01. The molecule has 0 fully saturated rings. The molecule has 2 aromatic carbocycles. The fourth-order valence-electron chi connectivity index (χ4n) is 2.85. The Kier molecular flexibility index (Phi) is 6.23. The molecule has 0 spiro atoms. The second-order valence-electron chi connectivity index (χ2n) is 6.15. The monoisotopic (exact) mass is 375 g/mol. The minimum absolute atomic E-state index is 0. The summed E-state index contributed by atoms with van der Waals surface area (Å²) in [4.78, 5) is 30.7. The standard InChI is InChI=1S/C19H21N3O3.ClH/c1-20(2)12-18(23)22-13-21(14-8-10-15(25-3)11-9-14)19(24)16-6-4-5-7-17(16)22;/h4-11H,12-13H2,1-3H3;1H. The largest absolute Gasteiger partial charge is 0.497 e. The molecule has 3 rings (SSSR count). The van der Waals surface area contributed by atoms with Gasteiger partial charge in [0.25, 0.3) is 5.91 Å². The molecule has 26 heavy (non-hydrogen) atoms. The van der Waals surface area contributed by atoms with Crippen molar-refractivity contribution in [3.05, 3.63) is 54.1 Å². The fourth-order valence-corrected chi connectivity index (χ4v) is 2.85. The number of halogens is 1. The topological polar surface area (TPSA) is 53.1 Å². The van der Waals surface area contributed by atoms with Gasteiger partial charge < -0.3 is 9.64 Å². The maximum atomic E-state index is 12.9. The molecule has 0 bridgehead atoms. The summed E-state index contributed by atoms with van der Waals surface area (Å²) in [5.41, 5.74) is 1.91. The van der Waals surface area contributed by atoms with Gasteiger partial charge in [-0.2, -0.15) is 0 Å². The summed E-state index contributed by atoms with van der Waals surface area (Å²) in [7, 11) is 5.29. The van der Waals surface area contributed by atoms with E-state index in [-0.39, 0.29) is 37.4 Å². The molecule has 1 aliphatic heterocycles. The van der Waals surface area contributed by atoms with Crippen molar-refractivity contribution in [1.29, 1.82) is 0 Å². The molecular formula is C19H22ClN3O3. The zero-order valence-electron chi connectivity index (χ0n) is 15.0. The third-order valence-electron chi connectivity index (χ3n) is 4.09. The van der Waals surface area contributed by atoms with Crippen molar-refractivity contribution in [1.82, 2.24) is 4.90 Å². The zero-order valence-corrected chi connectivity index (χ0v) is 15.8. The summed E-state index contributed by atoms with van der Waals surface area (Å²) < 4.78 is 5.17. The molecule has 0 aliphatic carbocycles. The van der Waals surface area contributed by atoms with Crippen molar-refractivity contribution in [2.75, 3.05) is 44.2 Å². The van der Waals surface area contributed by atoms with Gasteiger partial charge in [-0.25, -0.2) is 0 Å². The molecule has 2 aromatic rings. The van der Waals surface area contributed by atoms with Crippen LogP contribution in [0.2, 0.25) is 0 Å². The zero-order chi connectivity index (χ0) is 18.0. The number of rotatable bonds is 4. The molecule has 0 unspecified atom stereocenters. The van der Waals surface area contributed by atoms with Crippen LogP contribution in [0.15, 0.2) is 48.5 Å². The van der Waals surface area contributed by atoms with E-state index < -0.39 is 0 Å². The Morgan fingerprint density at radius 2 is 1.77 bits per heavy atom. The van der Waals surface area contributed by atoms with E-state index >= 15 is 0 Å². The molecule has 1 heterocycles. The molecule has 0 radical (unpaired) electrons.